The molecule has 32 heavy (non-hydrogen) atoms. The van der Waals surface area contributed by atoms with Gasteiger partial charge >= 0.3 is 0 Å². The second-order valence-corrected chi connectivity index (χ2v) is 14.8. The molecule has 5 rings (SSSR count). The summed E-state index contributed by atoms with van der Waals surface area (Å²) in [6.45, 7) is 21.6. The Balaban J connectivity index is 1.57. The van der Waals surface area contributed by atoms with Gasteiger partial charge in [0.05, 0.1) is 12.2 Å². The third kappa shape index (κ3) is 2.61. The maximum absolute atomic E-state index is 11.5. The Labute approximate surface area is 197 Å². The smallest absolute Gasteiger partial charge is 0.0624 e. The summed E-state index contributed by atoms with van der Waals surface area (Å²) in [6.07, 6.45) is 10.2. The molecule has 0 aromatic heterocycles. The summed E-state index contributed by atoms with van der Waals surface area (Å²) in [5.41, 5.74) is 2.32. The summed E-state index contributed by atoms with van der Waals surface area (Å²) in [4.78, 5) is 0. The van der Waals surface area contributed by atoms with E-state index < -0.39 is 6.10 Å². The van der Waals surface area contributed by atoms with E-state index in [-0.39, 0.29) is 22.3 Å². The highest BCUT2D eigenvalue weighted by molar-refractivity contribution is 5.22. The molecule has 0 amide bonds. The fraction of sp³-hybridized carbons (Fsp3) is 0.933. The number of hydrogen-bond acceptors (Lipinski definition) is 2. The summed E-state index contributed by atoms with van der Waals surface area (Å²) in [5.74, 6) is 3.22. The van der Waals surface area contributed by atoms with Gasteiger partial charge in [0.1, 0.15) is 0 Å². The van der Waals surface area contributed by atoms with Gasteiger partial charge in [0.25, 0.3) is 0 Å². The van der Waals surface area contributed by atoms with Crippen LogP contribution in [-0.4, -0.2) is 22.4 Å². The van der Waals surface area contributed by atoms with Crippen molar-refractivity contribution >= 4 is 0 Å². The van der Waals surface area contributed by atoms with E-state index >= 15 is 0 Å². The van der Waals surface area contributed by atoms with Gasteiger partial charge in [-0.25, -0.2) is 0 Å². The molecule has 0 aliphatic heterocycles. The molecule has 2 N–H and O–H groups in total. The quantitative estimate of drug-likeness (QED) is 0.429. The Morgan fingerprint density at radius 2 is 1.44 bits per heavy atom. The summed E-state index contributed by atoms with van der Waals surface area (Å²) in [6, 6.07) is 0. The lowest BCUT2D eigenvalue weighted by atomic mass is 9.32. The molecule has 182 valence electrons. The lowest BCUT2D eigenvalue weighted by Crippen LogP contribution is -2.69. The normalized spacial score (nSPS) is 58.8. The molecule has 0 aromatic carbocycles. The third-order valence-electron chi connectivity index (χ3n) is 13.6. The maximum Gasteiger partial charge on any atom is 0.0624 e. The number of fused-ring (bicyclic) bond motifs is 7. The zero-order valence-corrected chi connectivity index (χ0v) is 22.0. The van der Waals surface area contributed by atoms with Gasteiger partial charge in [-0.15, -0.1) is 0 Å². The van der Waals surface area contributed by atoms with Crippen LogP contribution in [0.2, 0.25) is 0 Å². The van der Waals surface area contributed by atoms with E-state index in [1.165, 1.54) is 50.5 Å². The molecule has 5 aliphatic rings. The lowest BCUT2D eigenvalue weighted by Gasteiger charge is -2.73. The van der Waals surface area contributed by atoms with E-state index in [0.29, 0.717) is 35.0 Å². The Hall–Kier alpha value is -0.340. The minimum Gasteiger partial charge on any atom is -0.392 e. The summed E-state index contributed by atoms with van der Waals surface area (Å²) >= 11 is 0. The second kappa shape index (κ2) is 6.87. The van der Waals surface area contributed by atoms with E-state index in [4.69, 9.17) is 0 Å². The molecular weight excluding hydrogens is 392 g/mol. The third-order valence-corrected chi connectivity index (χ3v) is 13.6. The molecule has 0 heterocycles. The van der Waals surface area contributed by atoms with Gasteiger partial charge in [0.15, 0.2) is 0 Å². The highest BCUT2D eigenvalue weighted by atomic mass is 16.3. The van der Waals surface area contributed by atoms with Crippen LogP contribution in [0.1, 0.15) is 106 Å². The van der Waals surface area contributed by atoms with E-state index in [2.05, 4.69) is 55.0 Å². The number of hydrogen-bond donors (Lipinski definition) is 2. The molecule has 0 saturated heterocycles. The SMILES string of the molecule is C=C(C)C1CC[C@]2(C)CC[C@]3(C)C(CCC4[C@@]5(C)C(O)CC(O)C(C)(C)C5CC[C@]43C)C12. The highest BCUT2D eigenvalue weighted by Crippen LogP contribution is 2.77. The van der Waals surface area contributed by atoms with E-state index in [1.54, 1.807) is 0 Å². The standard InChI is InChI=1S/C30H50O2/c1-18(2)19-11-13-27(5)15-16-28(6)20(25(19)27)9-10-22-29(28,7)14-12-21-26(3,4)23(31)17-24(32)30(21,22)8/h19-25,31-32H,1,9-17H2,2-8H3/t19?,20?,21?,22?,23?,24?,25?,27-,28-,29-,30+/m1/s1. The van der Waals surface area contributed by atoms with Crippen LogP contribution >= 0.6 is 0 Å². The van der Waals surface area contributed by atoms with Gasteiger partial charge in [-0.2, -0.15) is 0 Å². The van der Waals surface area contributed by atoms with E-state index in [0.717, 1.165) is 18.3 Å². The van der Waals surface area contributed by atoms with Crippen LogP contribution in [0.25, 0.3) is 0 Å². The van der Waals surface area contributed by atoms with Gasteiger partial charge in [-0.3, -0.25) is 0 Å². The van der Waals surface area contributed by atoms with Gasteiger partial charge in [0, 0.05) is 11.8 Å². The van der Waals surface area contributed by atoms with Crippen LogP contribution in [0.15, 0.2) is 12.2 Å². The zero-order valence-electron chi connectivity index (χ0n) is 22.0. The molecule has 0 aromatic rings. The van der Waals surface area contributed by atoms with Crippen LogP contribution in [0.5, 0.6) is 0 Å². The summed E-state index contributed by atoms with van der Waals surface area (Å²) in [5, 5.41) is 22.4. The van der Waals surface area contributed by atoms with Gasteiger partial charge in [-0.1, -0.05) is 53.7 Å². The van der Waals surface area contributed by atoms with Gasteiger partial charge in [0.2, 0.25) is 0 Å². The number of aliphatic hydroxyl groups excluding tert-OH is 2. The van der Waals surface area contributed by atoms with Crippen molar-refractivity contribution in [3.05, 3.63) is 12.2 Å². The Morgan fingerprint density at radius 3 is 2.09 bits per heavy atom. The van der Waals surface area contributed by atoms with Gasteiger partial charge < -0.3 is 10.2 Å². The minimum atomic E-state index is -0.392. The van der Waals surface area contributed by atoms with Crippen molar-refractivity contribution in [2.45, 2.75) is 118 Å². The largest absolute Gasteiger partial charge is 0.392 e. The van der Waals surface area contributed by atoms with Crippen molar-refractivity contribution in [1.29, 1.82) is 0 Å². The molecular formula is C30H50O2. The highest BCUT2D eigenvalue weighted by Gasteiger charge is 2.71. The maximum atomic E-state index is 11.5. The first kappa shape index (κ1) is 23.4. The number of aliphatic hydroxyl groups is 2. The molecule has 5 saturated carbocycles. The van der Waals surface area contributed by atoms with Crippen molar-refractivity contribution in [3.63, 3.8) is 0 Å². The Bertz CT molecular complexity index is 801. The predicted octanol–water partition coefficient (Wildman–Crippen LogP) is 7.00. The first-order chi connectivity index (χ1) is 14.7. The minimum absolute atomic E-state index is 0.0894. The first-order valence-electron chi connectivity index (χ1n) is 13.7. The molecule has 11 atom stereocenters. The summed E-state index contributed by atoms with van der Waals surface area (Å²) < 4.78 is 0. The van der Waals surface area contributed by atoms with Crippen molar-refractivity contribution in [3.8, 4) is 0 Å². The molecule has 5 aliphatic carbocycles. The molecule has 0 radical (unpaired) electrons. The zero-order chi connectivity index (χ0) is 23.5. The number of rotatable bonds is 1. The van der Waals surface area contributed by atoms with E-state index in [1.807, 2.05) is 0 Å². The second-order valence-electron chi connectivity index (χ2n) is 14.8. The molecule has 7 unspecified atom stereocenters. The van der Waals surface area contributed by atoms with Crippen molar-refractivity contribution < 1.29 is 10.2 Å². The van der Waals surface area contributed by atoms with Crippen LogP contribution in [0.3, 0.4) is 0 Å². The summed E-state index contributed by atoms with van der Waals surface area (Å²) in [7, 11) is 0. The predicted molar refractivity (Wildman–Crippen MR) is 132 cm³/mol. The monoisotopic (exact) mass is 442 g/mol. The van der Waals surface area contributed by atoms with Crippen LogP contribution in [-0.2, 0) is 0 Å². The van der Waals surface area contributed by atoms with Crippen molar-refractivity contribution in [1.82, 2.24) is 0 Å². The van der Waals surface area contributed by atoms with Crippen LogP contribution < -0.4 is 0 Å². The Morgan fingerprint density at radius 1 is 0.750 bits per heavy atom. The molecule has 2 heteroatoms. The molecule has 2 nitrogen and oxygen atoms in total. The fourth-order valence-corrected chi connectivity index (χ4v) is 11.4. The van der Waals surface area contributed by atoms with Crippen LogP contribution in [0.4, 0.5) is 0 Å². The average Bonchev–Trinajstić information content (AvgIpc) is 3.05. The van der Waals surface area contributed by atoms with E-state index in [9.17, 15) is 10.2 Å². The van der Waals surface area contributed by atoms with Crippen molar-refractivity contribution in [2.75, 3.05) is 0 Å². The lowest BCUT2D eigenvalue weighted by molar-refractivity contribution is -0.273. The molecule has 5 fully saturated rings. The topological polar surface area (TPSA) is 40.5 Å². The first-order valence-corrected chi connectivity index (χ1v) is 13.7. The Kier molecular flexibility index (Phi) is 5.02. The van der Waals surface area contributed by atoms with Crippen molar-refractivity contribution in [2.24, 2.45) is 56.7 Å². The average molecular weight is 443 g/mol. The van der Waals surface area contributed by atoms with Crippen LogP contribution in [0, 0.1) is 56.7 Å². The molecule has 0 spiro atoms. The fourth-order valence-electron chi connectivity index (χ4n) is 11.4. The number of allylic oxidation sites excluding steroid dienone is 1. The van der Waals surface area contributed by atoms with Gasteiger partial charge in [-0.05, 0) is 110 Å². The molecule has 0 bridgehead atoms.